The Bertz CT molecular complexity index is 1150. The van der Waals surface area contributed by atoms with E-state index in [2.05, 4.69) is 0 Å². The van der Waals surface area contributed by atoms with E-state index in [-0.39, 0.29) is 6.61 Å². The van der Waals surface area contributed by atoms with E-state index in [0.29, 0.717) is 17.8 Å². The Morgan fingerprint density at radius 3 is 1.89 bits per heavy atom. The minimum Gasteiger partial charge on any atom is -0.486 e. The highest BCUT2D eigenvalue weighted by molar-refractivity contribution is 5.97. The maximum absolute atomic E-state index is 12.4. The van der Waals surface area contributed by atoms with E-state index >= 15 is 0 Å². The van der Waals surface area contributed by atoms with Crippen LogP contribution in [0.4, 0.5) is 0 Å². The van der Waals surface area contributed by atoms with Crippen LogP contribution < -0.4 is 9.47 Å². The molecule has 4 aromatic rings. The molecule has 0 aliphatic carbocycles. The molecular weight excluding hydrogens is 352 g/mol. The average molecular weight is 370 g/mol. The normalized spacial score (nSPS) is 11.9. The lowest BCUT2D eigenvalue weighted by Gasteiger charge is -2.14. The number of Topliss-reactive ketones (excluding diaryl/α,β-unsaturated/α-hetero) is 1. The molecule has 0 aliphatic rings. The van der Waals surface area contributed by atoms with Gasteiger partial charge in [-0.15, -0.1) is 0 Å². The van der Waals surface area contributed by atoms with Crippen LogP contribution in [0.1, 0.15) is 0 Å². The standard InChI is InChI=1S/C24H18O4/c25-15-24(28-22-12-10-18-6-2-4-8-20(18)14-22)23(26)16-27-21-11-9-17-5-1-3-7-19(17)13-21/h1-15,24H,16H2. The molecule has 0 saturated heterocycles. The van der Waals surface area contributed by atoms with E-state index in [1.54, 1.807) is 12.1 Å². The maximum Gasteiger partial charge on any atom is 0.217 e. The number of carbonyl (C=O) groups excluding carboxylic acids is 2. The molecule has 0 amide bonds. The third-order valence-electron chi connectivity index (χ3n) is 4.53. The van der Waals surface area contributed by atoms with Crippen LogP contribution in [0.3, 0.4) is 0 Å². The zero-order chi connectivity index (χ0) is 19.3. The van der Waals surface area contributed by atoms with Gasteiger partial charge in [0.25, 0.3) is 0 Å². The van der Waals surface area contributed by atoms with E-state index in [1.807, 2.05) is 72.8 Å². The number of ether oxygens (including phenoxy) is 2. The second-order valence-corrected chi connectivity index (χ2v) is 6.45. The first-order valence-corrected chi connectivity index (χ1v) is 8.98. The first-order valence-electron chi connectivity index (χ1n) is 8.98. The molecule has 0 N–H and O–H groups in total. The van der Waals surface area contributed by atoms with Gasteiger partial charge in [0, 0.05) is 0 Å². The largest absolute Gasteiger partial charge is 0.486 e. The summed E-state index contributed by atoms with van der Waals surface area (Å²) in [5.41, 5.74) is 0. The van der Waals surface area contributed by atoms with Gasteiger partial charge in [0.15, 0.2) is 12.9 Å². The predicted molar refractivity (Wildman–Crippen MR) is 109 cm³/mol. The topological polar surface area (TPSA) is 52.6 Å². The van der Waals surface area contributed by atoms with Crippen molar-refractivity contribution < 1.29 is 19.1 Å². The molecule has 4 aromatic carbocycles. The molecule has 4 nitrogen and oxygen atoms in total. The van der Waals surface area contributed by atoms with Crippen molar-refractivity contribution in [3.63, 3.8) is 0 Å². The molecule has 0 spiro atoms. The van der Waals surface area contributed by atoms with Gasteiger partial charge in [0.05, 0.1) is 0 Å². The van der Waals surface area contributed by atoms with Crippen molar-refractivity contribution in [2.24, 2.45) is 0 Å². The fourth-order valence-electron chi connectivity index (χ4n) is 3.05. The van der Waals surface area contributed by atoms with Gasteiger partial charge in [-0.05, 0) is 45.8 Å². The van der Waals surface area contributed by atoms with E-state index in [0.717, 1.165) is 21.5 Å². The molecule has 0 fully saturated rings. The summed E-state index contributed by atoms with van der Waals surface area (Å²) in [5, 5.41) is 4.14. The second-order valence-electron chi connectivity index (χ2n) is 6.45. The SMILES string of the molecule is O=CC(Oc1ccc2ccccc2c1)C(=O)COc1ccc2ccccc2c1. The van der Waals surface area contributed by atoms with Crippen molar-refractivity contribution in [2.75, 3.05) is 6.61 Å². The van der Waals surface area contributed by atoms with Crippen molar-refractivity contribution in [3.05, 3.63) is 84.9 Å². The number of hydrogen-bond donors (Lipinski definition) is 0. The zero-order valence-electron chi connectivity index (χ0n) is 15.1. The zero-order valence-corrected chi connectivity index (χ0v) is 15.1. The van der Waals surface area contributed by atoms with Crippen molar-refractivity contribution in [1.82, 2.24) is 0 Å². The number of rotatable bonds is 7. The van der Waals surface area contributed by atoms with Crippen molar-refractivity contribution in [2.45, 2.75) is 6.10 Å². The van der Waals surface area contributed by atoms with Gasteiger partial charge in [0.2, 0.25) is 11.9 Å². The summed E-state index contributed by atoms with van der Waals surface area (Å²) in [7, 11) is 0. The Balaban J connectivity index is 1.43. The van der Waals surface area contributed by atoms with E-state index in [4.69, 9.17) is 9.47 Å². The predicted octanol–water partition coefficient (Wildman–Crippen LogP) is 4.59. The third kappa shape index (κ3) is 3.86. The lowest BCUT2D eigenvalue weighted by molar-refractivity contribution is -0.132. The lowest BCUT2D eigenvalue weighted by atomic mass is 10.1. The quantitative estimate of drug-likeness (QED) is 0.353. The number of fused-ring (bicyclic) bond motifs is 2. The van der Waals surface area contributed by atoms with Gasteiger partial charge >= 0.3 is 0 Å². The van der Waals surface area contributed by atoms with E-state index in [9.17, 15) is 9.59 Å². The summed E-state index contributed by atoms with van der Waals surface area (Å²) < 4.78 is 11.2. The van der Waals surface area contributed by atoms with Crippen LogP contribution in [0, 0.1) is 0 Å². The number of ketones is 1. The number of hydrogen-bond acceptors (Lipinski definition) is 4. The van der Waals surface area contributed by atoms with Gasteiger partial charge in [0.1, 0.15) is 11.5 Å². The smallest absolute Gasteiger partial charge is 0.217 e. The molecule has 4 rings (SSSR count). The molecule has 4 heteroatoms. The van der Waals surface area contributed by atoms with Crippen LogP contribution in [0.5, 0.6) is 11.5 Å². The van der Waals surface area contributed by atoms with Crippen LogP contribution in [0.2, 0.25) is 0 Å². The molecule has 0 radical (unpaired) electrons. The first kappa shape index (κ1) is 17.7. The van der Waals surface area contributed by atoms with Gasteiger partial charge in [-0.2, -0.15) is 0 Å². The van der Waals surface area contributed by atoms with Gasteiger partial charge in [-0.1, -0.05) is 60.7 Å². The van der Waals surface area contributed by atoms with Gasteiger partial charge in [-0.3, -0.25) is 9.59 Å². The molecule has 0 aliphatic heterocycles. The number of carbonyl (C=O) groups is 2. The summed E-state index contributed by atoms with van der Waals surface area (Å²) in [6, 6.07) is 26.7. The molecule has 0 bridgehead atoms. The Morgan fingerprint density at radius 1 is 0.750 bits per heavy atom. The van der Waals surface area contributed by atoms with E-state index in [1.165, 1.54) is 0 Å². The molecule has 0 heterocycles. The van der Waals surface area contributed by atoms with E-state index < -0.39 is 11.9 Å². The van der Waals surface area contributed by atoms with Crippen LogP contribution in [0.15, 0.2) is 84.9 Å². The summed E-state index contributed by atoms with van der Waals surface area (Å²) in [6.07, 6.45) is -0.706. The van der Waals surface area contributed by atoms with Crippen molar-refractivity contribution >= 4 is 33.6 Å². The van der Waals surface area contributed by atoms with Crippen LogP contribution in [-0.4, -0.2) is 24.8 Å². The van der Waals surface area contributed by atoms with Crippen LogP contribution >= 0.6 is 0 Å². The molecular formula is C24H18O4. The summed E-state index contributed by atoms with van der Waals surface area (Å²) in [4.78, 5) is 23.8. The Morgan fingerprint density at radius 2 is 1.29 bits per heavy atom. The molecule has 1 atom stereocenters. The first-order chi connectivity index (χ1) is 13.7. The Kier molecular flexibility index (Phi) is 5.02. The highest BCUT2D eigenvalue weighted by atomic mass is 16.5. The highest BCUT2D eigenvalue weighted by Crippen LogP contribution is 2.22. The molecule has 0 aromatic heterocycles. The van der Waals surface area contributed by atoms with Gasteiger partial charge in [-0.25, -0.2) is 0 Å². The highest BCUT2D eigenvalue weighted by Gasteiger charge is 2.20. The molecule has 28 heavy (non-hydrogen) atoms. The van der Waals surface area contributed by atoms with Crippen LogP contribution in [-0.2, 0) is 9.59 Å². The minimum absolute atomic E-state index is 0.241. The third-order valence-corrected chi connectivity index (χ3v) is 4.53. The van der Waals surface area contributed by atoms with Crippen molar-refractivity contribution in [3.8, 4) is 11.5 Å². The Hall–Kier alpha value is -3.66. The minimum atomic E-state index is -1.21. The summed E-state index contributed by atoms with van der Waals surface area (Å²) >= 11 is 0. The fraction of sp³-hybridized carbons (Fsp3) is 0.0833. The number of benzene rings is 4. The molecule has 0 saturated carbocycles. The molecule has 138 valence electrons. The lowest BCUT2D eigenvalue weighted by Crippen LogP contribution is -2.33. The summed E-state index contributed by atoms with van der Waals surface area (Å²) in [6.45, 7) is -0.241. The Labute approximate surface area is 162 Å². The van der Waals surface area contributed by atoms with Crippen LogP contribution in [0.25, 0.3) is 21.5 Å². The summed E-state index contributed by atoms with van der Waals surface area (Å²) in [5.74, 6) is 0.605. The van der Waals surface area contributed by atoms with Crippen molar-refractivity contribution in [1.29, 1.82) is 0 Å². The molecule has 1 unspecified atom stereocenters. The monoisotopic (exact) mass is 370 g/mol. The van der Waals surface area contributed by atoms with Gasteiger partial charge < -0.3 is 9.47 Å². The maximum atomic E-state index is 12.4. The number of aldehydes is 1. The fourth-order valence-corrected chi connectivity index (χ4v) is 3.05. The average Bonchev–Trinajstić information content (AvgIpc) is 2.75. The second kappa shape index (κ2) is 7.92.